The van der Waals surface area contributed by atoms with Crippen molar-refractivity contribution in [1.29, 1.82) is 0 Å². The maximum atomic E-state index is 13.6. The molecule has 84 valence electrons. The maximum Gasteiger partial charge on any atom is 0.152 e. The van der Waals surface area contributed by atoms with Gasteiger partial charge in [0.05, 0.1) is 11.6 Å². The fourth-order valence-electron chi connectivity index (χ4n) is 1.30. The van der Waals surface area contributed by atoms with Crippen molar-refractivity contribution in [3.8, 4) is 5.69 Å². The van der Waals surface area contributed by atoms with Crippen LogP contribution in [0.15, 0.2) is 22.9 Å². The lowest BCUT2D eigenvalue weighted by atomic mass is 10.3. The number of aromatic nitrogens is 3. The summed E-state index contributed by atoms with van der Waals surface area (Å²) in [6, 6.07) is 1.95. The number of benzene rings is 1. The van der Waals surface area contributed by atoms with Gasteiger partial charge in [-0.1, -0.05) is 0 Å². The maximum absolute atomic E-state index is 13.6. The van der Waals surface area contributed by atoms with Crippen molar-refractivity contribution >= 4 is 27.5 Å². The molecule has 1 aromatic heterocycles. The van der Waals surface area contributed by atoms with Gasteiger partial charge in [0, 0.05) is 10.5 Å². The van der Waals surface area contributed by atoms with E-state index >= 15 is 0 Å². The molecule has 16 heavy (non-hydrogen) atoms. The molecular weight excluding hydrogens is 303 g/mol. The van der Waals surface area contributed by atoms with Gasteiger partial charge in [-0.25, -0.2) is 8.78 Å². The van der Waals surface area contributed by atoms with E-state index in [1.165, 1.54) is 10.9 Å². The van der Waals surface area contributed by atoms with E-state index in [1.54, 1.807) is 0 Å². The Labute approximate surface area is 103 Å². The summed E-state index contributed by atoms with van der Waals surface area (Å²) < 4.78 is 28.1. The first-order valence-electron chi connectivity index (χ1n) is 4.23. The molecule has 0 aliphatic heterocycles. The van der Waals surface area contributed by atoms with Crippen LogP contribution in [0.1, 0.15) is 5.82 Å². The van der Waals surface area contributed by atoms with Crippen LogP contribution in [0.2, 0.25) is 0 Å². The Morgan fingerprint density at radius 3 is 2.75 bits per heavy atom. The van der Waals surface area contributed by atoms with Gasteiger partial charge in [0.2, 0.25) is 0 Å². The van der Waals surface area contributed by atoms with Crippen LogP contribution in [0.25, 0.3) is 5.69 Å². The molecule has 0 radical (unpaired) electrons. The molecule has 2 aromatic rings. The molecule has 0 bridgehead atoms. The standard InChI is InChI=1S/C9H5BrClF2N3/c10-6-1-5(12)2-7(13)9(6)16-4-14-15-8(16)3-11/h1-2,4H,3H2. The predicted molar refractivity (Wildman–Crippen MR) is 58.5 cm³/mol. The predicted octanol–water partition coefficient (Wildman–Crippen LogP) is 3.05. The summed E-state index contributed by atoms with van der Waals surface area (Å²) >= 11 is 8.71. The van der Waals surface area contributed by atoms with Gasteiger partial charge in [-0.2, -0.15) is 0 Å². The van der Waals surface area contributed by atoms with Crippen molar-refractivity contribution in [1.82, 2.24) is 14.8 Å². The summed E-state index contributed by atoms with van der Waals surface area (Å²) in [5, 5.41) is 7.34. The third-order valence-corrected chi connectivity index (χ3v) is 2.80. The van der Waals surface area contributed by atoms with E-state index in [4.69, 9.17) is 11.6 Å². The molecule has 0 N–H and O–H groups in total. The van der Waals surface area contributed by atoms with Gasteiger partial charge in [-0.3, -0.25) is 4.57 Å². The second-order valence-electron chi connectivity index (χ2n) is 2.97. The zero-order valence-electron chi connectivity index (χ0n) is 7.79. The summed E-state index contributed by atoms with van der Waals surface area (Å²) in [5.74, 6) is -0.900. The molecule has 0 aliphatic rings. The third-order valence-electron chi connectivity index (χ3n) is 1.96. The van der Waals surface area contributed by atoms with Crippen LogP contribution in [0.3, 0.4) is 0 Å². The van der Waals surface area contributed by atoms with E-state index in [0.717, 1.165) is 12.1 Å². The number of rotatable bonds is 2. The van der Waals surface area contributed by atoms with Crippen LogP contribution in [0.5, 0.6) is 0 Å². The summed E-state index contributed by atoms with van der Waals surface area (Å²) in [5.41, 5.74) is 0.141. The fraction of sp³-hybridized carbons (Fsp3) is 0.111. The van der Waals surface area contributed by atoms with E-state index in [2.05, 4.69) is 26.1 Å². The molecule has 3 nitrogen and oxygen atoms in total. The number of hydrogen-bond donors (Lipinski definition) is 0. The van der Waals surface area contributed by atoms with Crippen molar-refractivity contribution in [2.45, 2.75) is 5.88 Å². The highest BCUT2D eigenvalue weighted by Gasteiger charge is 2.14. The van der Waals surface area contributed by atoms with Crippen LogP contribution < -0.4 is 0 Å². The van der Waals surface area contributed by atoms with E-state index < -0.39 is 11.6 Å². The minimum atomic E-state index is -0.710. The largest absolute Gasteiger partial charge is 0.280 e. The molecule has 0 fully saturated rings. The summed E-state index contributed by atoms with van der Waals surface area (Å²) in [6.07, 6.45) is 1.32. The molecule has 2 rings (SSSR count). The lowest BCUT2D eigenvalue weighted by Gasteiger charge is -2.08. The lowest BCUT2D eigenvalue weighted by molar-refractivity contribution is 0.575. The molecule has 7 heteroatoms. The summed E-state index contributed by atoms with van der Waals surface area (Å²) in [4.78, 5) is 0. The Bertz CT molecular complexity index is 506. The Morgan fingerprint density at radius 2 is 2.12 bits per heavy atom. The highest BCUT2D eigenvalue weighted by molar-refractivity contribution is 9.10. The molecule has 0 amide bonds. The lowest BCUT2D eigenvalue weighted by Crippen LogP contribution is -2.02. The minimum absolute atomic E-state index is 0.0866. The quantitative estimate of drug-likeness (QED) is 0.798. The van der Waals surface area contributed by atoms with Crippen LogP contribution >= 0.6 is 27.5 Å². The zero-order valence-corrected chi connectivity index (χ0v) is 10.1. The first-order chi connectivity index (χ1) is 7.63. The van der Waals surface area contributed by atoms with E-state index in [9.17, 15) is 8.78 Å². The van der Waals surface area contributed by atoms with Gasteiger partial charge in [0.25, 0.3) is 0 Å². The van der Waals surface area contributed by atoms with Gasteiger partial charge < -0.3 is 0 Å². The second kappa shape index (κ2) is 4.47. The number of alkyl halides is 1. The van der Waals surface area contributed by atoms with Gasteiger partial charge in [0.15, 0.2) is 11.6 Å². The Morgan fingerprint density at radius 1 is 1.38 bits per heavy atom. The number of halogens is 4. The molecule has 0 saturated carbocycles. The highest BCUT2D eigenvalue weighted by atomic mass is 79.9. The van der Waals surface area contributed by atoms with Crippen molar-refractivity contribution in [2.24, 2.45) is 0 Å². The van der Waals surface area contributed by atoms with E-state index in [-0.39, 0.29) is 16.0 Å². The topological polar surface area (TPSA) is 30.7 Å². The van der Waals surface area contributed by atoms with Crippen LogP contribution in [-0.4, -0.2) is 14.8 Å². The van der Waals surface area contributed by atoms with E-state index in [0.29, 0.717) is 5.82 Å². The molecule has 1 aromatic carbocycles. The number of hydrogen-bond acceptors (Lipinski definition) is 2. The average molecular weight is 309 g/mol. The van der Waals surface area contributed by atoms with Crippen molar-refractivity contribution in [3.05, 3.63) is 40.4 Å². The third kappa shape index (κ3) is 1.94. The van der Waals surface area contributed by atoms with Gasteiger partial charge in [-0.05, 0) is 22.0 Å². The highest BCUT2D eigenvalue weighted by Crippen LogP contribution is 2.26. The van der Waals surface area contributed by atoms with Crippen LogP contribution in [-0.2, 0) is 5.88 Å². The van der Waals surface area contributed by atoms with Crippen molar-refractivity contribution in [2.75, 3.05) is 0 Å². The SMILES string of the molecule is Fc1cc(F)c(-n2cnnc2CCl)c(Br)c1. The minimum Gasteiger partial charge on any atom is -0.280 e. The smallest absolute Gasteiger partial charge is 0.152 e. The Kier molecular flexibility index (Phi) is 3.20. The Hall–Kier alpha value is -1.01. The second-order valence-corrected chi connectivity index (χ2v) is 4.09. The van der Waals surface area contributed by atoms with Crippen LogP contribution in [0, 0.1) is 11.6 Å². The van der Waals surface area contributed by atoms with Crippen molar-refractivity contribution < 1.29 is 8.78 Å². The van der Waals surface area contributed by atoms with E-state index in [1.807, 2.05) is 0 Å². The van der Waals surface area contributed by atoms with Gasteiger partial charge >= 0.3 is 0 Å². The van der Waals surface area contributed by atoms with Crippen LogP contribution in [0.4, 0.5) is 8.78 Å². The van der Waals surface area contributed by atoms with Gasteiger partial charge in [-0.15, -0.1) is 21.8 Å². The molecule has 0 aliphatic carbocycles. The first-order valence-corrected chi connectivity index (χ1v) is 5.56. The molecule has 1 heterocycles. The normalized spacial score (nSPS) is 10.8. The summed E-state index contributed by atoms with van der Waals surface area (Å²) in [7, 11) is 0. The molecule has 0 saturated heterocycles. The molecule has 0 unspecified atom stereocenters. The Balaban J connectivity index is 2.64. The molecule has 0 spiro atoms. The van der Waals surface area contributed by atoms with Crippen molar-refractivity contribution in [3.63, 3.8) is 0 Å². The average Bonchev–Trinajstić information content (AvgIpc) is 2.64. The monoisotopic (exact) mass is 307 g/mol. The first kappa shape index (κ1) is 11.5. The zero-order chi connectivity index (χ0) is 11.7. The fourth-order valence-corrected chi connectivity index (χ4v) is 2.08. The number of nitrogens with zero attached hydrogens (tertiary/aromatic N) is 3. The molecular formula is C9H5BrClF2N3. The molecule has 0 atom stereocenters. The van der Waals surface area contributed by atoms with Gasteiger partial charge in [0.1, 0.15) is 12.1 Å². The summed E-state index contributed by atoms with van der Waals surface area (Å²) in [6.45, 7) is 0.